The zero-order valence-electron chi connectivity index (χ0n) is 24.0. The number of carbonyl (C=O) groups excluding carboxylic acids is 3. The van der Waals surface area contributed by atoms with Crippen LogP contribution < -0.4 is 10.6 Å². The molecule has 0 radical (unpaired) electrons. The SMILES string of the molecule is C#CC(C)(CCC(C)(C)C(=O)N1CCCC1(C=O)CN1CCCC1C(=O)NC(C)(C)CC(C)C)NC. The van der Waals surface area contributed by atoms with Crippen LogP contribution in [0.3, 0.4) is 0 Å². The van der Waals surface area contributed by atoms with Crippen molar-refractivity contribution in [3.8, 4) is 12.3 Å². The molecule has 2 aliphatic heterocycles. The van der Waals surface area contributed by atoms with Gasteiger partial charge in [0.1, 0.15) is 11.8 Å². The van der Waals surface area contributed by atoms with Crippen molar-refractivity contribution in [2.75, 3.05) is 26.7 Å². The minimum Gasteiger partial charge on any atom is -0.350 e. The van der Waals surface area contributed by atoms with Crippen molar-refractivity contribution < 1.29 is 14.4 Å². The Morgan fingerprint density at radius 2 is 1.81 bits per heavy atom. The maximum atomic E-state index is 13.8. The lowest BCUT2D eigenvalue weighted by molar-refractivity contribution is -0.149. The van der Waals surface area contributed by atoms with Crippen LogP contribution in [0.1, 0.15) is 93.4 Å². The molecule has 2 fully saturated rings. The molecule has 36 heavy (non-hydrogen) atoms. The van der Waals surface area contributed by atoms with E-state index in [1.54, 1.807) is 4.90 Å². The Morgan fingerprint density at radius 3 is 2.36 bits per heavy atom. The molecule has 0 bridgehead atoms. The minimum absolute atomic E-state index is 0.0131. The van der Waals surface area contributed by atoms with Crippen LogP contribution in [0.5, 0.6) is 0 Å². The third-order valence-electron chi connectivity index (χ3n) is 8.22. The lowest BCUT2D eigenvalue weighted by atomic mass is 9.80. The molecular weight excluding hydrogens is 452 g/mol. The van der Waals surface area contributed by atoms with Crippen molar-refractivity contribution in [3.63, 3.8) is 0 Å². The molecule has 0 aliphatic carbocycles. The van der Waals surface area contributed by atoms with Crippen molar-refractivity contribution in [2.24, 2.45) is 11.3 Å². The lowest BCUT2D eigenvalue weighted by Crippen LogP contribution is -2.60. The van der Waals surface area contributed by atoms with E-state index in [0.717, 1.165) is 38.5 Å². The van der Waals surface area contributed by atoms with E-state index in [4.69, 9.17) is 6.42 Å². The second kappa shape index (κ2) is 11.6. The maximum absolute atomic E-state index is 13.8. The smallest absolute Gasteiger partial charge is 0.237 e. The van der Waals surface area contributed by atoms with Gasteiger partial charge in [0.25, 0.3) is 0 Å². The van der Waals surface area contributed by atoms with Crippen molar-refractivity contribution in [1.82, 2.24) is 20.4 Å². The second-order valence-electron chi connectivity index (χ2n) is 13.0. The first-order valence-corrected chi connectivity index (χ1v) is 13.7. The van der Waals surface area contributed by atoms with Crippen molar-refractivity contribution in [1.29, 1.82) is 0 Å². The van der Waals surface area contributed by atoms with Crippen LogP contribution >= 0.6 is 0 Å². The minimum atomic E-state index is -0.900. The highest BCUT2D eigenvalue weighted by Gasteiger charge is 2.50. The molecule has 2 heterocycles. The molecule has 0 spiro atoms. The molecule has 0 aromatic heterocycles. The fourth-order valence-corrected chi connectivity index (χ4v) is 5.99. The number of nitrogens with one attached hydrogen (secondary N) is 2. The van der Waals surface area contributed by atoms with E-state index in [9.17, 15) is 14.4 Å². The monoisotopic (exact) mass is 502 g/mol. The van der Waals surface area contributed by atoms with E-state index in [-0.39, 0.29) is 23.4 Å². The van der Waals surface area contributed by atoms with Crippen molar-refractivity contribution >= 4 is 18.1 Å². The Morgan fingerprint density at radius 1 is 1.14 bits per heavy atom. The molecule has 204 valence electrons. The predicted molar refractivity (Wildman–Crippen MR) is 145 cm³/mol. The molecule has 2 amide bonds. The van der Waals surface area contributed by atoms with Gasteiger partial charge in [0.2, 0.25) is 11.8 Å². The molecule has 0 saturated carbocycles. The van der Waals surface area contributed by atoms with Crippen molar-refractivity contribution in [2.45, 2.75) is 116 Å². The summed E-state index contributed by atoms with van der Waals surface area (Å²) < 4.78 is 0. The lowest BCUT2D eigenvalue weighted by Gasteiger charge is -2.42. The quantitative estimate of drug-likeness (QED) is 0.316. The predicted octanol–water partition coefficient (Wildman–Crippen LogP) is 3.37. The molecule has 3 atom stereocenters. The van der Waals surface area contributed by atoms with Crippen LogP contribution in [0.4, 0.5) is 0 Å². The summed E-state index contributed by atoms with van der Waals surface area (Å²) in [6.07, 6.45) is 11.9. The van der Waals surface area contributed by atoms with E-state index in [2.05, 4.69) is 49.1 Å². The molecule has 3 unspecified atom stereocenters. The van der Waals surface area contributed by atoms with Gasteiger partial charge in [-0.1, -0.05) is 33.6 Å². The average molecular weight is 503 g/mol. The number of amides is 2. The van der Waals surface area contributed by atoms with Gasteiger partial charge >= 0.3 is 0 Å². The fraction of sp³-hybridized carbons (Fsp3) is 0.828. The number of hydrogen-bond donors (Lipinski definition) is 2. The Balaban J connectivity index is 2.17. The van der Waals surface area contributed by atoms with Crippen LogP contribution in [0, 0.1) is 23.7 Å². The average Bonchev–Trinajstić information content (AvgIpc) is 3.43. The van der Waals surface area contributed by atoms with E-state index < -0.39 is 16.5 Å². The first kappa shape index (κ1) is 30.3. The second-order valence-corrected chi connectivity index (χ2v) is 13.0. The number of rotatable bonds is 12. The standard InChI is InChI=1S/C29H50N4O3/c1-10-28(8,30-9)16-15-26(4,5)25(36)33-18-12-14-29(33,21-34)20-32-17-11-13-23(32)24(35)31-27(6,7)19-22(2)3/h1,21-23,30H,11-20H2,2-9H3,(H,31,35). The van der Waals surface area contributed by atoms with E-state index in [0.29, 0.717) is 38.3 Å². The number of carbonyl (C=O) groups is 3. The largest absolute Gasteiger partial charge is 0.350 e. The first-order chi connectivity index (χ1) is 16.6. The topological polar surface area (TPSA) is 81.8 Å². The summed E-state index contributed by atoms with van der Waals surface area (Å²) >= 11 is 0. The molecule has 0 aromatic rings. The van der Waals surface area contributed by atoms with Crippen LogP contribution in [-0.4, -0.2) is 77.2 Å². The molecule has 2 saturated heterocycles. The maximum Gasteiger partial charge on any atom is 0.237 e. The summed E-state index contributed by atoms with van der Waals surface area (Å²) in [5.74, 6) is 3.28. The Labute approximate surface area is 219 Å². The fourth-order valence-electron chi connectivity index (χ4n) is 5.99. The summed E-state index contributed by atoms with van der Waals surface area (Å²) in [5, 5.41) is 6.41. The van der Waals surface area contributed by atoms with Gasteiger partial charge < -0.3 is 20.3 Å². The van der Waals surface area contributed by atoms with Crippen molar-refractivity contribution in [3.05, 3.63) is 0 Å². The number of nitrogens with zero attached hydrogens (tertiary/aromatic N) is 2. The van der Waals surface area contributed by atoms with Gasteiger partial charge in [-0.05, 0) is 85.2 Å². The highest BCUT2D eigenvalue weighted by atomic mass is 16.2. The Bertz CT molecular complexity index is 846. The number of terminal acetylenes is 1. The van der Waals surface area contributed by atoms with Gasteiger partial charge in [-0.2, -0.15) is 0 Å². The molecule has 2 N–H and O–H groups in total. The number of aldehydes is 1. The molecule has 2 rings (SSSR count). The van der Waals surface area contributed by atoms with Crippen LogP contribution in [-0.2, 0) is 14.4 Å². The van der Waals surface area contributed by atoms with Crippen LogP contribution in [0.25, 0.3) is 0 Å². The molecule has 2 aliphatic rings. The third-order valence-corrected chi connectivity index (χ3v) is 8.22. The highest BCUT2D eigenvalue weighted by Crippen LogP contribution is 2.37. The van der Waals surface area contributed by atoms with Gasteiger partial charge in [0.15, 0.2) is 0 Å². The summed E-state index contributed by atoms with van der Waals surface area (Å²) in [6.45, 7) is 16.0. The van der Waals surface area contributed by atoms with E-state index in [1.165, 1.54) is 0 Å². The zero-order valence-corrected chi connectivity index (χ0v) is 24.0. The van der Waals surface area contributed by atoms with E-state index >= 15 is 0 Å². The van der Waals surface area contributed by atoms with Gasteiger partial charge in [0, 0.05) is 24.0 Å². The Hall–Kier alpha value is -1.91. The van der Waals surface area contributed by atoms with Gasteiger partial charge in [-0.3, -0.25) is 14.5 Å². The van der Waals surface area contributed by atoms with Crippen LogP contribution in [0.15, 0.2) is 0 Å². The number of hydrogen-bond acceptors (Lipinski definition) is 5. The molecule has 7 nitrogen and oxygen atoms in total. The summed E-state index contributed by atoms with van der Waals surface area (Å²) in [4.78, 5) is 43.7. The highest BCUT2D eigenvalue weighted by molar-refractivity contribution is 5.87. The normalized spacial score (nSPS) is 25.0. The Kier molecular flexibility index (Phi) is 9.81. The van der Waals surface area contributed by atoms with E-state index in [1.807, 2.05) is 27.8 Å². The van der Waals surface area contributed by atoms with Gasteiger partial charge in [0.05, 0.1) is 11.6 Å². The van der Waals surface area contributed by atoms with Crippen LogP contribution in [0.2, 0.25) is 0 Å². The van der Waals surface area contributed by atoms with Gasteiger partial charge in [-0.25, -0.2) is 0 Å². The number of likely N-dealkylation sites (tertiary alicyclic amines) is 2. The molecule has 7 heteroatoms. The summed E-state index contributed by atoms with van der Waals surface area (Å²) in [5.41, 5.74) is -2.33. The summed E-state index contributed by atoms with van der Waals surface area (Å²) in [7, 11) is 1.83. The first-order valence-electron chi connectivity index (χ1n) is 13.7. The zero-order chi connectivity index (χ0) is 27.4. The van der Waals surface area contributed by atoms with Gasteiger partial charge in [-0.15, -0.1) is 6.42 Å². The molecular formula is C29H50N4O3. The molecule has 0 aromatic carbocycles. The third kappa shape index (κ3) is 7.10. The summed E-state index contributed by atoms with van der Waals surface area (Å²) in [6, 6.07) is -0.272.